The lowest BCUT2D eigenvalue weighted by Crippen LogP contribution is -2.43. The van der Waals surface area contributed by atoms with Gasteiger partial charge in [0.25, 0.3) is 0 Å². The van der Waals surface area contributed by atoms with Gasteiger partial charge in [-0.1, -0.05) is 0 Å². The van der Waals surface area contributed by atoms with Gasteiger partial charge in [0.15, 0.2) is 5.96 Å². The van der Waals surface area contributed by atoms with Crippen molar-refractivity contribution in [3.05, 3.63) is 21.9 Å². The van der Waals surface area contributed by atoms with Gasteiger partial charge in [-0.2, -0.15) is 0 Å². The lowest BCUT2D eigenvalue weighted by Gasteiger charge is -2.28. The first kappa shape index (κ1) is 18.3. The normalized spacial score (nSPS) is 21.2. The van der Waals surface area contributed by atoms with Gasteiger partial charge in [-0.15, -0.1) is 11.3 Å². The van der Waals surface area contributed by atoms with E-state index in [2.05, 4.69) is 55.5 Å². The number of nitrogens with zero attached hydrogens (tertiary/aromatic N) is 2. The van der Waals surface area contributed by atoms with Gasteiger partial charge < -0.3 is 15.5 Å². The Kier molecular flexibility index (Phi) is 7.37. The van der Waals surface area contributed by atoms with Crippen LogP contribution in [0.1, 0.15) is 36.4 Å². The summed E-state index contributed by atoms with van der Waals surface area (Å²) >= 11 is 1.89. The highest BCUT2D eigenvalue weighted by Gasteiger charge is 2.17. The Balaban J connectivity index is 1.85. The lowest BCUT2D eigenvalue weighted by atomic mass is 9.99. The maximum absolute atomic E-state index is 4.83. The molecule has 1 fully saturated rings. The highest BCUT2D eigenvalue weighted by molar-refractivity contribution is 7.11. The smallest absolute Gasteiger partial charge is 0.191 e. The third kappa shape index (κ3) is 6.51. The van der Waals surface area contributed by atoms with Crippen molar-refractivity contribution >= 4 is 17.3 Å². The minimum atomic E-state index is 0.389. The van der Waals surface area contributed by atoms with Crippen LogP contribution in [0.4, 0.5) is 0 Å². The van der Waals surface area contributed by atoms with Gasteiger partial charge in [-0.05, 0) is 65.3 Å². The van der Waals surface area contributed by atoms with E-state index >= 15 is 0 Å². The number of thiophene rings is 1. The fourth-order valence-electron chi connectivity index (χ4n) is 3.14. The molecular weight excluding hydrogens is 304 g/mol. The molecule has 0 bridgehead atoms. The molecule has 1 aromatic heterocycles. The van der Waals surface area contributed by atoms with E-state index in [4.69, 9.17) is 4.99 Å². The van der Waals surface area contributed by atoms with Crippen LogP contribution in [-0.4, -0.2) is 50.1 Å². The van der Waals surface area contributed by atoms with Crippen molar-refractivity contribution in [2.75, 3.05) is 33.2 Å². The number of nitrogens with one attached hydrogen (secondary N) is 2. The summed E-state index contributed by atoms with van der Waals surface area (Å²) in [5.74, 6) is 1.65. The third-order valence-electron chi connectivity index (χ3n) is 4.26. The molecule has 4 nitrogen and oxygen atoms in total. The molecule has 2 heterocycles. The van der Waals surface area contributed by atoms with Crippen molar-refractivity contribution in [1.29, 1.82) is 0 Å². The van der Waals surface area contributed by atoms with Crippen LogP contribution in [0.5, 0.6) is 0 Å². The zero-order valence-electron chi connectivity index (χ0n) is 15.1. The first-order valence-electron chi connectivity index (χ1n) is 8.85. The molecule has 0 saturated carbocycles. The van der Waals surface area contributed by atoms with E-state index in [0.717, 1.165) is 25.5 Å². The highest BCUT2D eigenvalue weighted by atomic mass is 32.1. The van der Waals surface area contributed by atoms with Gasteiger partial charge in [-0.3, -0.25) is 4.99 Å². The Bertz CT molecular complexity index is 497. The molecule has 0 amide bonds. The maximum Gasteiger partial charge on any atom is 0.191 e. The van der Waals surface area contributed by atoms with Gasteiger partial charge in [0.1, 0.15) is 0 Å². The first-order valence-corrected chi connectivity index (χ1v) is 9.67. The van der Waals surface area contributed by atoms with Crippen LogP contribution < -0.4 is 10.6 Å². The minimum Gasteiger partial charge on any atom is -0.357 e. The predicted octanol–water partition coefficient (Wildman–Crippen LogP) is 2.88. The highest BCUT2D eigenvalue weighted by Crippen LogP contribution is 2.17. The Morgan fingerprint density at radius 2 is 2.30 bits per heavy atom. The van der Waals surface area contributed by atoms with Crippen LogP contribution >= 0.6 is 11.3 Å². The van der Waals surface area contributed by atoms with Crippen LogP contribution in [0.25, 0.3) is 0 Å². The molecule has 1 saturated heterocycles. The van der Waals surface area contributed by atoms with E-state index in [0.29, 0.717) is 12.0 Å². The topological polar surface area (TPSA) is 39.7 Å². The second kappa shape index (κ2) is 9.28. The fraction of sp³-hybridized carbons (Fsp3) is 0.722. The number of guanidine groups is 1. The van der Waals surface area contributed by atoms with Crippen LogP contribution in [0, 0.1) is 12.8 Å². The Labute approximate surface area is 145 Å². The number of piperidine rings is 1. The number of hydrogen-bond acceptors (Lipinski definition) is 3. The van der Waals surface area contributed by atoms with Gasteiger partial charge in [0, 0.05) is 41.9 Å². The summed E-state index contributed by atoms with van der Waals surface area (Å²) in [5, 5.41) is 6.94. The van der Waals surface area contributed by atoms with Gasteiger partial charge in [0.05, 0.1) is 0 Å². The number of aryl methyl sites for hydroxylation is 1. The molecule has 1 aliphatic heterocycles. The Morgan fingerprint density at radius 3 is 2.96 bits per heavy atom. The van der Waals surface area contributed by atoms with Crippen molar-refractivity contribution < 1.29 is 0 Å². The van der Waals surface area contributed by atoms with Crippen molar-refractivity contribution in [2.45, 2.75) is 46.1 Å². The molecule has 2 rings (SSSR count). The SMILES string of the molecule is CCNC(=NCC1CCCN(C)C1)NC(C)Cc1ccc(C)s1. The van der Waals surface area contributed by atoms with Gasteiger partial charge in [0.2, 0.25) is 0 Å². The molecule has 2 atom stereocenters. The molecular formula is C18H32N4S. The minimum absolute atomic E-state index is 0.389. The summed E-state index contributed by atoms with van der Waals surface area (Å²) in [4.78, 5) is 10.1. The van der Waals surface area contributed by atoms with Gasteiger partial charge in [-0.25, -0.2) is 0 Å². The van der Waals surface area contributed by atoms with Crippen LogP contribution in [0.3, 0.4) is 0 Å². The molecule has 23 heavy (non-hydrogen) atoms. The lowest BCUT2D eigenvalue weighted by molar-refractivity contribution is 0.214. The second-order valence-corrected chi connectivity index (χ2v) is 8.12. The standard InChI is InChI=1S/C18H32N4S/c1-5-19-18(20-12-16-7-6-10-22(4)13-16)21-14(2)11-17-9-8-15(3)23-17/h8-9,14,16H,5-7,10-13H2,1-4H3,(H2,19,20,21). The van der Waals surface area contributed by atoms with E-state index in [1.807, 2.05) is 11.3 Å². The molecule has 1 aromatic rings. The molecule has 0 aliphatic carbocycles. The summed E-state index contributed by atoms with van der Waals surface area (Å²) < 4.78 is 0. The average Bonchev–Trinajstić information content (AvgIpc) is 2.90. The van der Waals surface area contributed by atoms with Crippen molar-refractivity contribution in [1.82, 2.24) is 15.5 Å². The summed E-state index contributed by atoms with van der Waals surface area (Å²) in [5.41, 5.74) is 0. The summed E-state index contributed by atoms with van der Waals surface area (Å²) in [7, 11) is 2.21. The van der Waals surface area contributed by atoms with Crippen LogP contribution in [0.15, 0.2) is 17.1 Å². The first-order chi connectivity index (χ1) is 11.1. The number of likely N-dealkylation sites (tertiary alicyclic amines) is 1. The zero-order valence-corrected chi connectivity index (χ0v) is 15.9. The summed E-state index contributed by atoms with van der Waals surface area (Å²) in [6.07, 6.45) is 3.65. The molecule has 0 radical (unpaired) electrons. The summed E-state index contributed by atoms with van der Waals surface area (Å²) in [6.45, 7) is 10.8. The quantitative estimate of drug-likeness (QED) is 0.620. The molecule has 0 aromatic carbocycles. The van der Waals surface area contributed by atoms with Crippen LogP contribution in [0.2, 0.25) is 0 Å². The molecule has 2 N–H and O–H groups in total. The molecule has 130 valence electrons. The Hall–Kier alpha value is -1.07. The fourth-order valence-corrected chi connectivity index (χ4v) is 4.16. The molecule has 5 heteroatoms. The van der Waals surface area contributed by atoms with Crippen molar-refractivity contribution in [3.63, 3.8) is 0 Å². The second-order valence-electron chi connectivity index (χ2n) is 6.75. The average molecular weight is 337 g/mol. The monoisotopic (exact) mass is 336 g/mol. The van der Waals surface area contributed by atoms with E-state index in [1.54, 1.807) is 0 Å². The van der Waals surface area contributed by atoms with E-state index < -0.39 is 0 Å². The molecule has 2 unspecified atom stereocenters. The van der Waals surface area contributed by atoms with E-state index in [9.17, 15) is 0 Å². The zero-order chi connectivity index (χ0) is 16.7. The van der Waals surface area contributed by atoms with E-state index in [-0.39, 0.29) is 0 Å². The molecule has 0 spiro atoms. The predicted molar refractivity (Wildman–Crippen MR) is 102 cm³/mol. The molecule has 1 aliphatic rings. The number of aliphatic imine (C=N–C) groups is 1. The van der Waals surface area contributed by atoms with Crippen molar-refractivity contribution in [3.8, 4) is 0 Å². The van der Waals surface area contributed by atoms with Gasteiger partial charge >= 0.3 is 0 Å². The van der Waals surface area contributed by atoms with E-state index in [1.165, 1.54) is 35.7 Å². The largest absolute Gasteiger partial charge is 0.357 e. The third-order valence-corrected chi connectivity index (χ3v) is 5.28. The Morgan fingerprint density at radius 1 is 1.48 bits per heavy atom. The number of hydrogen-bond donors (Lipinski definition) is 2. The van der Waals surface area contributed by atoms with Crippen molar-refractivity contribution in [2.24, 2.45) is 10.9 Å². The maximum atomic E-state index is 4.83. The number of rotatable bonds is 6. The van der Waals surface area contributed by atoms with Crippen LogP contribution in [-0.2, 0) is 6.42 Å². The summed E-state index contributed by atoms with van der Waals surface area (Å²) in [6, 6.07) is 4.82.